The fraction of sp³-hybridized carbons (Fsp3) is 0.381. The van der Waals surface area contributed by atoms with Crippen LogP contribution >= 0.6 is 0 Å². The molecule has 1 N–H and O–H groups in total. The van der Waals surface area contributed by atoms with Crippen molar-refractivity contribution in [1.29, 1.82) is 0 Å². The number of anilines is 1. The Bertz CT molecular complexity index is 664. The van der Waals surface area contributed by atoms with Crippen molar-refractivity contribution in [2.75, 3.05) is 51.8 Å². The molecule has 1 saturated heterocycles. The minimum Gasteiger partial charge on any atom is -0.494 e. The van der Waals surface area contributed by atoms with Gasteiger partial charge in [-0.15, -0.1) is 0 Å². The molecule has 5 heteroatoms. The molecule has 5 nitrogen and oxygen atoms in total. The highest BCUT2D eigenvalue weighted by molar-refractivity contribution is 5.80. The molecular formula is C21H28N4O. The van der Waals surface area contributed by atoms with Crippen LogP contribution < -0.4 is 10.2 Å². The maximum Gasteiger partial charge on any atom is 0.119 e. The van der Waals surface area contributed by atoms with Gasteiger partial charge in [0.25, 0.3) is 0 Å². The highest BCUT2D eigenvalue weighted by atomic mass is 16.5. The molecule has 1 aliphatic rings. The molecule has 0 bridgehead atoms. The number of para-hydroxylation sites is 1. The molecule has 0 aromatic heterocycles. The Balaban J connectivity index is 1.35. The van der Waals surface area contributed by atoms with Gasteiger partial charge in [-0.05, 0) is 55.4 Å². The van der Waals surface area contributed by atoms with Gasteiger partial charge in [0.2, 0.25) is 0 Å². The summed E-state index contributed by atoms with van der Waals surface area (Å²) in [6.07, 6.45) is 2.87. The second-order valence-electron chi connectivity index (χ2n) is 6.65. The number of piperazine rings is 1. The van der Waals surface area contributed by atoms with Crippen LogP contribution in [0.25, 0.3) is 0 Å². The zero-order chi connectivity index (χ0) is 18.0. The van der Waals surface area contributed by atoms with E-state index < -0.39 is 0 Å². The average molecular weight is 352 g/mol. The Morgan fingerprint density at radius 1 is 1.00 bits per heavy atom. The number of nitrogens with one attached hydrogen (secondary N) is 1. The first-order valence-electron chi connectivity index (χ1n) is 9.27. The number of nitrogens with zero attached hydrogens (tertiary/aromatic N) is 3. The standard InChI is InChI=1S/C21H28N4O/c1-24-13-15-25(16-14-24)12-5-17-26-21-10-8-19(9-11-21)18-22-23-20-6-3-2-4-7-20/h2-4,6-11,18,23H,5,12-17H2,1H3. The lowest BCUT2D eigenvalue weighted by Gasteiger charge is -2.32. The number of rotatable bonds is 8. The average Bonchev–Trinajstić information content (AvgIpc) is 2.69. The summed E-state index contributed by atoms with van der Waals surface area (Å²) in [7, 11) is 2.19. The third-order valence-electron chi connectivity index (χ3n) is 4.54. The molecule has 0 atom stereocenters. The van der Waals surface area contributed by atoms with Crippen LogP contribution in [0.2, 0.25) is 0 Å². The fourth-order valence-electron chi connectivity index (χ4n) is 2.89. The van der Waals surface area contributed by atoms with E-state index in [4.69, 9.17) is 4.74 Å². The molecule has 26 heavy (non-hydrogen) atoms. The highest BCUT2D eigenvalue weighted by Crippen LogP contribution is 2.12. The maximum absolute atomic E-state index is 5.85. The monoisotopic (exact) mass is 352 g/mol. The number of hydrazone groups is 1. The van der Waals surface area contributed by atoms with Crippen LogP contribution in [0, 0.1) is 0 Å². The summed E-state index contributed by atoms with van der Waals surface area (Å²) in [5, 5.41) is 4.25. The second-order valence-corrected chi connectivity index (χ2v) is 6.65. The van der Waals surface area contributed by atoms with Gasteiger partial charge in [0, 0.05) is 32.7 Å². The Hall–Kier alpha value is -2.37. The van der Waals surface area contributed by atoms with Crippen molar-refractivity contribution in [3.63, 3.8) is 0 Å². The van der Waals surface area contributed by atoms with Crippen LogP contribution in [-0.2, 0) is 0 Å². The summed E-state index contributed by atoms with van der Waals surface area (Å²) in [5.74, 6) is 0.913. The summed E-state index contributed by atoms with van der Waals surface area (Å²) in [4.78, 5) is 4.90. The molecular weight excluding hydrogens is 324 g/mol. The molecule has 0 amide bonds. The lowest BCUT2D eigenvalue weighted by Crippen LogP contribution is -2.44. The molecule has 138 valence electrons. The van der Waals surface area contributed by atoms with Gasteiger partial charge in [-0.3, -0.25) is 5.43 Å². The lowest BCUT2D eigenvalue weighted by atomic mass is 10.2. The van der Waals surface area contributed by atoms with E-state index in [-0.39, 0.29) is 0 Å². The Morgan fingerprint density at radius 2 is 1.73 bits per heavy atom. The van der Waals surface area contributed by atoms with Crippen LogP contribution in [-0.4, -0.2) is 62.4 Å². The first kappa shape index (κ1) is 18.4. The molecule has 1 aliphatic heterocycles. The molecule has 1 fully saturated rings. The summed E-state index contributed by atoms with van der Waals surface area (Å²) in [6.45, 7) is 6.55. The summed E-state index contributed by atoms with van der Waals surface area (Å²) >= 11 is 0. The first-order chi connectivity index (χ1) is 12.8. The zero-order valence-corrected chi connectivity index (χ0v) is 15.5. The lowest BCUT2D eigenvalue weighted by molar-refractivity contribution is 0.145. The molecule has 2 aromatic rings. The first-order valence-corrected chi connectivity index (χ1v) is 9.27. The van der Waals surface area contributed by atoms with Gasteiger partial charge in [0.1, 0.15) is 5.75 Å². The van der Waals surface area contributed by atoms with E-state index in [0.717, 1.165) is 36.6 Å². The van der Waals surface area contributed by atoms with Crippen molar-refractivity contribution >= 4 is 11.9 Å². The van der Waals surface area contributed by atoms with Crippen molar-refractivity contribution in [2.24, 2.45) is 5.10 Å². The molecule has 0 radical (unpaired) electrons. The number of hydrogen-bond donors (Lipinski definition) is 1. The van der Waals surface area contributed by atoms with Crippen molar-refractivity contribution in [1.82, 2.24) is 9.80 Å². The third-order valence-corrected chi connectivity index (χ3v) is 4.54. The largest absolute Gasteiger partial charge is 0.494 e. The van der Waals surface area contributed by atoms with Crippen LogP contribution in [0.4, 0.5) is 5.69 Å². The summed E-state index contributed by atoms with van der Waals surface area (Å²) in [6, 6.07) is 17.9. The van der Waals surface area contributed by atoms with E-state index in [0.29, 0.717) is 0 Å². The van der Waals surface area contributed by atoms with E-state index >= 15 is 0 Å². The third kappa shape index (κ3) is 6.17. The normalized spacial score (nSPS) is 16.0. The van der Waals surface area contributed by atoms with Gasteiger partial charge in [0.15, 0.2) is 0 Å². The van der Waals surface area contributed by atoms with Gasteiger partial charge >= 0.3 is 0 Å². The number of benzene rings is 2. The van der Waals surface area contributed by atoms with Crippen molar-refractivity contribution < 1.29 is 4.74 Å². The van der Waals surface area contributed by atoms with E-state index in [2.05, 4.69) is 27.4 Å². The Labute approximate surface area is 156 Å². The predicted molar refractivity (Wildman–Crippen MR) is 108 cm³/mol. The van der Waals surface area contributed by atoms with E-state index in [1.807, 2.05) is 60.8 Å². The van der Waals surface area contributed by atoms with Crippen molar-refractivity contribution in [3.05, 3.63) is 60.2 Å². The predicted octanol–water partition coefficient (Wildman–Crippen LogP) is 3.15. The molecule has 3 rings (SSSR count). The van der Waals surface area contributed by atoms with E-state index in [9.17, 15) is 0 Å². The molecule has 0 aliphatic carbocycles. The molecule has 0 unspecified atom stereocenters. The van der Waals surface area contributed by atoms with Gasteiger partial charge in [-0.1, -0.05) is 18.2 Å². The number of hydrogen-bond acceptors (Lipinski definition) is 5. The van der Waals surface area contributed by atoms with Gasteiger partial charge in [-0.25, -0.2) is 0 Å². The van der Waals surface area contributed by atoms with Gasteiger partial charge < -0.3 is 14.5 Å². The second kappa shape index (κ2) is 9.94. The summed E-state index contributed by atoms with van der Waals surface area (Å²) in [5.41, 5.74) is 5.03. The van der Waals surface area contributed by atoms with Gasteiger partial charge in [0.05, 0.1) is 18.5 Å². The number of likely N-dealkylation sites (N-methyl/N-ethyl adjacent to an activating group) is 1. The number of ether oxygens (including phenoxy) is 1. The molecule has 2 aromatic carbocycles. The maximum atomic E-state index is 5.85. The summed E-state index contributed by atoms with van der Waals surface area (Å²) < 4.78 is 5.85. The molecule has 0 saturated carbocycles. The van der Waals surface area contributed by atoms with Gasteiger partial charge in [-0.2, -0.15) is 5.10 Å². The van der Waals surface area contributed by atoms with E-state index in [1.54, 1.807) is 0 Å². The van der Waals surface area contributed by atoms with Crippen LogP contribution in [0.15, 0.2) is 59.7 Å². The minimum atomic E-state index is 0.759. The van der Waals surface area contributed by atoms with Crippen molar-refractivity contribution in [2.45, 2.75) is 6.42 Å². The highest BCUT2D eigenvalue weighted by Gasteiger charge is 2.12. The quantitative estimate of drug-likeness (QED) is 0.450. The fourth-order valence-corrected chi connectivity index (χ4v) is 2.89. The SMILES string of the molecule is CN1CCN(CCCOc2ccc(C=NNc3ccccc3)cc2)CC1. The van der Waals surface area contributed by atoms with Crippen molar-refractivity contribution in [3.8, 4) is 5.75 Å². The topological polar surface area (TPSA) is 40.1 Å². The Kier molecular flexibility index (Phi) is 7.05. The molecule has 0 spiro atoms. The van der Waals surface area contributed by atoms with Crippen LogP contribution in [0.5, 0.6) is 5.75 Å². The van der Waals surface area contributed by atoms with Crippen LogP contribution in [0.1, 0.15) is 12.0 Å². The smallest absolute Gasteiger partial charge is 0.119 e. The van der Waals surface area contributed by atoms with E-state index in [1.165, 1.54) is 26.2 Å². The minimum absolute atomic E-state index is 0.759. The van der Waals surface area contributed by atoms with Crippen LogP contribution in [0.3, 0.4) is 0 Å². The zero-order valence-electron chi connectivity index (χ0n) is 15.5. The Morgan fingerprint density at radius 3 is 2.46 bits per heavy atom. The molecule has 1 heterocycles.